The minimum Gasteiger partial charge on any atom is -0.316 e. The van der Waals surface area contributed by atoms with Gasteiger partial charge in [-0.05, 0) is 25.5 Å². The number of anilines is 1. The molecule has 0 aliphatic carbocycles. The molecule has 0 aromatic carbocycles. The molecule has 1 amide bonds. The second kappa shape index (κ2) is 9.25. The molecule has 2 rings (SSSR count). The van der Waals surface area contributed by atoms with Crippen LogP contribution < -0.4 is 10.5 Å². The van der Waals surface area contributed by atoms with Crippen molar-refractivity contribution in [1.29, 1.82) is 0 Å². The molecule has 0 spiro atoms. The van der Waals surface area contributed by atoms with E-state index in [1.807, 2.05) is 0 Å². The lowest BCUT2D eigenvalue weighted by molar-refractivity contribution is -0.319. The molecule has 7 nitrogen and oxygen atoms in total. The highest BCUT2D eigenvalue weighted by Crippen LogP contribution is 2.34. The van der Waals surface area contributed by atoms with Crippen LogP contribution in [0, 0.1) is 12.8 Å². The van der Waals surface area contributed by atoms with Crippen LogP contribution in [0.5, 0.6) is 0 Å². The first kappa shape index (κ1) is 24.0. The maximum atomic E-state index is 12.8. The van der Waals surface area contributed by atoms with Crippen molar-refractivity contribution in [1.82, 2.24) is 4.57 Å². The average Bonchev–Trinajstić information content (AvgIpc) is 2.92. The molecule has 0 saturated carbocycles. The molecule has 1 aromatic heterocycles. The number of allylic oxidation sites excluding steroid dienone is 2. The van der Waals surface area contributed by atoms with E-state index >= 15 is 0 Å². The van der Waals surface area contributed by atoms with Gasteiger partial charge < -0.3 is 4.57 Å². The standard InChI is InChI=1S/C21H21F3N2O5/c1-5-6-7-14(8-9-31-21(22,23)24)17-16(13(3)27)18(28)20(30)26(17)15-10-12(2)19(29)25(4)11-15/h5-8,10-11,16-17H,1,9H2,2-4H3/b7-6-,14-8+. The van der Waals surface area contributed by atoms with E-state index in [1.165, 1.54) is 49.0 Å². The highest BCUT2D eigenvalue weighted by molar-refractivity contribution is 6.48. The van der Waals surface area contributed by atoms with Crippen LogP contribution in [0.1, 0.15) is 12.5 Å². The van der Waals surface area contributed by atoms with Gasteiger partial charge in [0.2, 0.25) is 5.78 Å². The number of halogens is 3. The van der Waals surface area contributed by atoms with Gasteiger partial charge in [-0.3, -0.25) is 28.8 Å². The van der Waals surface area contributed by atoms with Crippen LogP contribution in [0.25, 0.3) is 0 Å². The van der Waals surface area contributed by atoms with E-state index in [1.54, 1.807) is 0 Å². The molecule has 31 heavy (non-hydrogen) atoms. The van der Waals surface area contributed by atoms with Crippen LogP contribution in [0.4, 0.5) is 18.9 Å². The smallest absolute Gasteiger partial charge is 0.316 e. The highest BCUT2D eigenvalue weighted by atomic mass is 19.4. The first-order chi connectivity index (χ1) is 14.4. The van der Waals surface area contributed by atoms with Gasteiger partial charge >= 0.3 is 6.36 Å². The Bertz CT molecular complexity index is 1010. The predicted molar refractivity (Wildman–Crippen MR) is 106 cm³/mol. The Kier molecular flexibility index (Phi) is 7.17. The summed E-state index contributed by atoms with van der Waals surface area (Å²) in [5.41, 5.74) is 0.177. The lowest BCUT2D eigenvalue weighted by atomic mass is 9.89. The summed E-state index contributed by atoms with van der Waals surface area (Å²) in [4.78, 5) is 50.7. The summed E-state index contributed by atoms with van der Waals surface area (Å²) in [5, 5.41) is 0. The summed E-state index contributed by atoms with van der Waals surface area (Å²) in [6.45, 7) is 5.23. The Morgan fingerprint density at radius 2 is 1.94 bits per heavy atom. The van der Waals surface area contributed by atoms with Gasteiger partial charge in [-0.1, -0.05) is 30.9 Å². The van der Waals surface area contributed by atoms with E-state index in [0.717, 1.165) is 17.9 Å². The van der Waals surface area contributed by atoms with Crippen LogP contribution >= 0.6 is 0 Å². The van der Waals surface area contributed by atoms with E-state index < -0.39 is 42.4 Å². The zero-order chi connectivity index (χ0) is 23.5. The Hall–Kier alpha value is -3.27. The summed E-state index contributed by atoms with van der Waals surface area (Å²) < 4.78 is 42.3. The van der Waals surface area contributed by atoms with Gasteiger partial charge in [0, 0.05) is 18.8 Å². The molecule has 0 radical (unpaired) electrons. The third kappa shape index (κ3) is 5.26. The number of carbonyl (C=O) groups excluding carboxylic acids is 3. The molecule has 1 saturated heterocycles. The Labute approximate surface area is 176 Å². The zero-order valence-electron chi connectivity index (χ0n) is 17.1. The Morgan fingerprint density at radius 1 is 1.29 bits per heavy atom. The Morgan fingerprint density at radius 3 is 2.45 bits per heavy atom. The number of ketones is 2. The number of Topliss-reactive ketones (excluding diaryl/α,β-unsaturated/α-hetero) is 2. The minimum absolute atomic E-state index is 0.0788. The molecule has 0 bridgehead atoms. The van der Waals surface area contributed by atoms with Gasteiger partial charge in [-0.25, -0.2) is 0 Å². The molecule has 2 heterocycles. The summed E-state index contributed by atoms with van der Waals surface area (Å²) in [5.74, 6) is -4.05. The molecule has 2 atom stereocenters. The molecular formula is C21H21F3N2O5. The van der Waals surface area contributed by atoms with Crippen LogP contribution in [-0.2, 0) is 26.2 Å². The number of ether oxygens (including phenoxy) is 1. The van der Waals surface area contributed by atoms with Gasteiger partial charge in [-0.2, -0.15) is 0 Å². The fourth-order valence-corrected chi connectivity index (χ4v) is 3.38. The molecule has 10 heteroatoms. The molecular weight excluding hydrogens is 417 g/mol. The van der Waals surface area contributed by atoms with Crippen LogP contribution in [-0.4, -0.2) is 41.1 Å². The van der Waals surface area contributed by atoms with E-state index in [9.17, 15) is 32.3 Å². The number of pyridine rings is 1. The maximum absolute atomic E-state index is 12.8. The Balaban J connectivity index is 2.67. The quantitative estimate of drug-likeness (QED) is 0.371. The number of amides is 1. The first-order valence-electron chi connectivity index (χ1n) is 9.14. The average molecular weight is 438 g/mol. The third-order valence-corrected chi connectivity index (χ3v) is 4.70. The van der Waals surface area contributed by atoms with Crippen molar-refractivity contribution in [3.8, 4) is 0 Å². The number of rotatable bonds is 7. The van der Waals surface area contributed by atoms with Gasteiger partial charge in [0.1, 0.15) is 11.7 Å². The molecule has 1 aliphatic heterocycles. The number of alkyl halides is 3. The number of hydrogen-bond acceptors (Lipinski definition) is 5. The van der Waals surface area contributed by atoms with Gasteiger partial charge in [0.25, 0.3) is 11.5 Å². The van der Waals surface area contributed by atoms with E-state index in [0.29, 0.717) is 0 Å². The van der Waals surface area contributed by atoms with Crippen molar-refractivity contribution in [3.63, 3.8) is 0 Å². The van der Waals surface area contributed by atoms with E-state index in [4.69, 9.17) is 0 Å². The minimum atomic E-state index is -4.89. The van der Waals surface area contributed by atoms with Crippen molar-refractivity contribution >= 4 is 23.2 Å². The fourth-order valence-electron chi connectivity index (χ4n) is 3.38. The highest BCUT2D eigenvalue weighted by Gasteiger charge is 2.51. The van der Waals surface area contributed by atoms with Crippen LogP contribution in [0.3, 0.4) is 0 Å². The second-order valence-corrected chi connectivity index (χ2v) is 6.93. The van der Waals surface area contributed by atoms with Crippen molar-refractivity contribution < 1.29 is 32.3 Å². The number of carbonyl (C=O) groups is 3. The number of hydrogen-bond donors (Lipinski definition) is 0. The second-order valence-electron chi connectivity index (χ2n) is 6.93. The molecule has 166 valence electrons. The SMILES string of the molecule is C=C/C=C\C(=C/COC(F)(F)F)C1C(C(C)=O)C(=O)C(=O)N1c1cc(C)c(=O)n(C)c1. The normalized spacial score (nSPS) is 20.1. The van der Waals surface area contributed by atoms with Crippen molar-refractivity contribution in [2.24, 2.45) is 13.0 Å². The first-order valence-corrected chi connectivity index (χ1v) is 9.14. The summed E-state index contributed by atoms with van der Waals surface area (Å²) in [6, 6.07) is 0.159. The fraction of sp³-hybridized carbons (Fsp3) is 0.333. The van der Waals surface area contributed by atoms with E-state index in [-0.39, 0.29) is 22.4 Å². The van der Waals surface area contributed by atoms with Crippen LogP contribution in [0.15, 0.2) is 53.5 Å². The third-order valence-electron chi connectivity index (χ3n) is 4.70. The number of aromatic nitrogens is 1. The zero-order valence-corrected chi connectivity index (χ0v) is 17.1. The molecule has 0 N–H and O–H groups in total. The monoisotopic (exact) mass is 438 g/mol. The molecule has 1 fully saturated rings. The molecule has 2 unspecified atom stereocenters. The topological polar surface area (TPSA) is 85.7 Å². The van der Waals surface area contributed by atoms with Gasteiger partial charge in [0.05, 0.1) is 18.3 Å². The summed E-state index contributed by atoms with van der Waals surface area (Å²) in [6.07, 6.45) is 1.56. The summed E-state index contributed by atoms with van der Waals surface area (Å²) >= 11 is 0. The van der Waals surface area contributed by atoms with E-state index in [2.05, 4.69) is 11.3 Å². The van der Waals surface area contributed by atoms with Crippen molar-refractivity contribution in [3.05, 3.63) is 64.6 Å². The summed E-state index contributed by atoms with van der Waals surface area (Å²) in [7, 11) is 1.45. The number of nitrogens with zero attached hydrogens (tertiary/aromatic N) is 2. The molecule has 1 aromatic rings. The lowest BCUT2D eigenvalue weighted by Crippen LogP contribution is -2.39. The lowest BCUT2D eigenvalue weighted by Gasteiger charge is -2.28. The van der Waals surface area contributed by atoms with Crippen LogP contribution in [0.2, 0.25) is 0 Å². The molecule has 1 aliphatic rings. The van der Waals surface area contributed by atoms with Crippen molar-refractivity contribution in [2.75, 3.05) is 11.5 Å². The van der Waals surface area contributed by atoms with Gasteiger partial charge in [-0.15, -0.1) is 13.2 Å². The van der Waals surface area contributed by atoms with Gasteiger partial charge in [0.15, 0.2) is 0 Å². The predicted octanol–water partition coefficient (Wildman–Crippen LogP) is 2.39. The van der Waals surface area contributed by atoms with Crippen molar-refractivity contribution in [2.45, 2.75) is 26.3 Å². The maximum Gasteiger partial charge on any atom is 0.522 e. The largest absolute Gasteiger partial charge is 0.522 e. The number of aryl methyl sites for hydroxylation is 2.